The Balaban J connectivity index is 2.93. The van der Waals surface area contributed by atoms with Gasteiger partial charge in [0.05, 0.1) is 6.54 Å². The first-order chi connectivity index (χ1) is 8.60. The summed E-state index contributed by atoms with van der Waals surface area (Å²) < 4.78 is 4.98. The van der Waals surface area contributed by atoms with Crippen molar-refractivity contribution >= 4 is 17.5 Å². The zero-order valence-corrected chi connectivity index (χ0v) is 10.9. The van der Waals surface area contributed by atoms with Crippen molar-refractivity contribution in [2.24, 2.45) is 0 Å². The number of likely N-dealkylation sites (N-methyl/N-ethyl adjacent to an activating group) is 2. The van der Waals surface area contributed by atoms with Crippen LogP contribution in [0.15, 0.2) is 6.07 Å². The maximum absolute atomic E-state index is 11.4. The van der Waals surface area contributed by atoms with Crippen LogP contribution in [0.4, 0.5) is 11.6 Å². The molecule has 0 saturated carbocycles. The van der Waals surface area contributed by atoms with E-state index in [-0.39, 0.29) is 19.1 Å². The minimum atomic E-state index is -0.0812. The van der Waals surface area contributed by atoms with Crippen molar-refractivity contribution in [1.82, 2.24) is 15.3 Å². The molecule has 0 radical (unpaired) electrons. The van der Waals surface area contributed by atoms with Gasteiger partial charge in [0.1, 0.15) is 18.2 Å². The third-order valence-electron chi connectivity index (χ3n) is 2.37. The van der Waals surface area contributed by atoms with Crippen LogP contribution in [0.3, 0.4) is 0 Å². The monoisotopic (exact) mass is 253 g/mol. The molecule has 0 aliphatic heterocycles. The van der Waals surface area contributed by atoms with Gasteiger partial charge in [-0.3, -0.25) is 4.79 Å². The minimum Gasteiger partial charge on any atom is -0.384 e. The Kier molecular flexibility index (Phi) is 5.31. The summed E-state index contributed by atoms with van der Waals surface area (Å²) in [6, 6.07) is 1.64. The van der Waals surface area contributed by atoms with Crippen LogP contribution in [0.2, 0.25) is 0 Å². The number of nitrogens with zero attached hydrogens (tertiary/aromatic N) is 3. The van der Waals surface area contributed by atoms with E-state index in [2.05, 4.69) is 15.3 Å². The Bertz CT molecular complexity index is 410. The van der Waals surface area contributed by atoms with Crippen molar-refractivity contribution < 1.29 is 9.53 Å². The number of nitrogens with one attached hydrogen (secondary N) is 1. The molecule has 0 aromatic carbocycles. The molecular formula is C11H19N5O2. The lowest BCUT2D eigenvalue weighted by molar-refractivity contribution is -0.119. The van der Waals surface area contributed by atoms with Crippen molar-refractivity contribution in [2.75, 3.05) is 37.9 Å². The van der Waals surface area contributed by atoms with E-state index in [1.165, 1.54) is 0 Å². The first kappa shape index (κ1) is 14.2. The SMILES string of the molecule is CCN(CC(=O)NC)c1cc(N)nc(COC)n1. The summed E-state index contributed by atoms with van der Waals surface area (Å²) in [5.41, 5.74) is 5.71. The zero-order chi connectivity index (χ0) is 13.5. The molecule has 0 spiro atoms. The molecule has 0 fully saturated rings. The summed E-state index contributed by atoms with van der Waals surface area (Å²) in [6.07, 6.45) is 0. The molecule has 1 rings (SSSR count). The molecular weight excluding hydrogens is 234 g/mol. The van der Waals surface area contributed by atoms with Crippen molar-refractivity contribution in [3.05, 3.63) is 11.9 Å². The van der Waals surface area contributed by atoms with Gasteiger partial charge in [-0.1, -0.05) is 0 Å². The quantitative estimate of drug-likeness (QED) is 0.728. The maximum Gasteiger partial charge on any atom is 0.239 e. The fraction of sp³-hybridized carbons (Fsp3) is 0.545. The number of carbonyl (C=O) groups is 1. The number of carbonyl (C=O) groups excluding carboxylic acids is 1. The van der Waals surface area contributed by atoms with E-state index >= 15 is 0 Å². The van der Waals surface area contributed by atoms with Crippen LogP contribution in [0.5, 0.6) is 0 Å². The van der Waals surface area contributed by atoms with Gasteiger partial charge in [0.25, 0.3) is 0 Å². The smallest absolute Gasteiger partial charge is 0.239 e. The Labute approximate surface area is 106 Å². The molecule has 0 atom stereocenters. The van der Waals surface area contributed by atoms with E-state index in [4.69, 9.17) is 10.5 Å². The van der Waals surface area contributed by atoms with Crippen LogP contribution in [0, 0.1) is 0 Å². The molecule has 0 aliphatic carbocycles. The van der Waals surface area contributed by atoms with Gasteiger partial charge in [-0.15, -0.1) is 0 Å². The van der Waals surface area contributed by atoms with E-state index in [9.17, 15) is 4.79 Å². The van der Waals surface area contributed by atoms with Crippen LogP contribution in [0.25, 0.3) is 0 Å². The van der Waals surface area contributed by atoms with E-state index in [1.54, 1.807) is 20.2 Å². The number of nitrogens with two attached hydrogens (primary N) is 1. The highest BCUT2D eigenvalue weighted by atomic mass is 16.5. The number of methoxy groups -OCH3 is 1. The summed E-state index contributed by atoms with van der Waals surface area (Å²) in [6.45, 7) is 3.11. The lowest BCUT2D eigenvalue weighted by Crippen LogP contribution is -2.36. The number of anilines is 2. The Hall–Kier alpha value is -1.89. The second kappa shape index (κ2) is 6.75. The highest BCUT2D eigenvalue weighted by Gasteiger charge is 2.12. The average molecular weight is 253 g/mol. The van der Waals surface area contributed by atoms with Crippen molar-refractivity contribution in [3.8, 4) is 0 Å². The molecule has 1 amide bonds. The lowest BCUT2D eigenvalue weighted by Gasteiger charge is -2.21. The fourth-order valence-corrected chi connectivity index (χ4v) is 1.47. The molecule has 1 aromatic heterocycles. The standard InChI is InChI=1S/C11H19N5O2/c1-4-16(6-11(17)13-2)10-5-8(12)14-9(15-10)7-18-3/h5H,4,6-7H2,1-3H3,(H,13,17)(H2,12,14,15). The summed E-state index contributed by atoms with van der Waals surface area (Å²) in [4.78, 5) is 21.6. The van der Waals surface area contributed by atoms with E-state index < -0.39 is 0 Å². The van der Waals surface area contributed by atoms with Gasteiger partial charge < -0.3 is 20.7 Å². The molecule has 0 aliphatic rings. The summed E-state index contributed by atoms with van der Waals surface area (Å²) >= 11 is 0. The second-order valence-corrected chi connectivity index (χ2v) is 3.69. The predicted octanol–water partition coefficient (Wildman–Crippen LogP) is -0.222. The molecule has 0 bridgehead atoms. The topological polar surface area (TPSA) is 93.4 Å². The molecule has 100 valence electrons. The van der Waals surface area contributed by atoms with Gasteiger partial charge in [-0.25, -0.2) is 9.97 Å². The van der Waals surface area contributed by atoms with Gasteiger partial charge in [0.2, 0.25) is 5.91 Å². The largest absolute Gasteiger partial charge is 0.384 e. The lowest BCUT2D eigenvalue weighted by atomic mass is 10.4. The first-order valence-electron chi connectivity index (χ1n) is 5.68. The Morgan fingerprint density at radius 3 is 2.83 bits per heavy atom. The van der Waals surface area contributed by atoms with Gasteiger partial charge in [-0.05, 0) is 6.92 Å². The van der Waals surface area contributed by atoms with E-state index in [0.717, 1.165) is 0 Å². The Morgan fingerprint density at radius 2 is 2.28 bits per heavy atom. The third kappa shape index (κ3) is 3.85. The van der Waals surface area contributed by atoms with Crippen molar-refractivity contribution in [1.29, 1.82) is 0 Å². The number of amides is 1. The summed E-state index contributed by atoms with van der Waals surface area (Å²) in [5, 5.41) is 2.57. The Morgan fingerprint density at radius 1 is 1.56 bits per heavy atom. The normalized spacial score (nSPS) is 10.2. The molecule has 1 heterocycles. The molecule has 0 unspecified atom stereocenters. The van der Waals surface area contributed by atoms with Gasteiger partial charge in [0.15, 0.2) is 5.82 Å². The van der Waals surface area contributed by atoms with Gasteiger partial charge in [-0.2, -0.15) is 0 Å². The van der Waals surface area contributed by atoms with Crippen LogP contribution in [-0.2, 0) is 16.1 Å². The number of hydrogen-bond donors (Lipinski definition) is 2. The average Bonchev–Trinajstić information content (AvgIpc) is 2.35. The van der Waals surface area contributed by atoms with E-state index in [1.807, 2.05) is 11.8 Å². The van der Waals surface area contributed by atoms with Crippen LogP contribution < -0.4 is 16.0 Å². The van der Waals surface area contributed by atoms with Gasteiger partial charge >= 0.3 is 0 Å². The number of ether oxygens (including phenoxy) is 1. The van der Waals surface area contributed by atoms with Crippen LogP contribution in [-0.4, -0.2) is 43.1 Å². The number of rotatable bonds is 6. The highest BCUT2D eigenvalue weighted by molar-refractivity contribution is 5.80. The molecule has 7 heteroatoms. The van der Waals surface area contributed by atoms with E-state index in [0.29, 0.717) is 24.0 Å². The third-order valence-corrected chi connectivity index (χ3v) is 2.37. The zero-order valence-electron chi connectivity index (χ0n) is 10.9. The van der Waals surface area contributed by atoms with Gasteiger partial charge in [0, 0.05) is 26.8 Å². The second-order valence-electron chi connectivity index (χ2n) is 3.69. The molecule has 0 saturated heterocycles. The number of hydrogen-bond acceptors (Lipinski definition) is 6. The number of aromatic nitrogens is 2. The van der Waals surface area contributed by atoms with Crippen molar-refractivity contribution in [3.63, 3.8) is 0 Å². The predicted molar refractivity (Wildman–Crippen MR) is 69.1 cm³/mol. The summed E-state index contributed by atoms with van der Waals surface area (Å²) in [7, 11) is 3.16. The maximum atomic E-state index is 11.4. The first-order valence-corrected chi connectivity index (χ1v) is 5.68. The fourth-order valence-electron chi connectivity index (χ4n) is 1.47. The number of nitrogen functional groups attached to an aromatic ring is 1. The summed E-state index contributed by atoms with van der Waals surface area (Å²) in [5.74, 6) is 1.41. The van der Waals surface area contributed by atoms with Crippen LogP contribution >= 0.6 is 0 Å². The van der Waals surface area contributed by atoms with Crippen molar-refractivity contribution in [2.45, 2.75) is 13.5 Å². The van der Waals surface area contributed by atoms with Crippen LogP contribution in [0.1, 0.15) is 12.7 Å². The highest BCUT2D eigenvalue weighted by Crippen LogP contribution is 2.14. The molecule has 3 N–H and O–H groups in total. The minimum absolute atomic E-state index is 0.0812. The molecule has 18 heavy (non-hydrogen) atoms. The molecule has 7 nitrogen and oxygen atoms in total. The molecule has 1 aromatic rings.